The Morgan fingerprint density at radius 1 is 0.487 bits per heavy atom. The first-order valence-electron chi connectivity index (χ1n) is 30.9. The zero-order valence-electron chi connectivity index (χ0n) is 47.7. The second-order valence-electron chi connectivity index (χ2n) is 21.8. The van der Waals surface area contributed by atoms with E-state index in [-0.39, 0.29) is 12.5 Å². The van der Waals surface area contributed by atoms with Crippen LogP contribution in [0.5, 0.6) is 0 Å². The summed E-state index contributed by atoms with van der Waals surface area (Å²) in [7, 11) is 0. The SMILES string of the molecule is CC/C=C\C/C=C\C/C=C\C/C=C\CCCCCCCCCCCCCCCCC(=O)NC(COC1OC(CO)C(OC2OC(CO)C(O)C(O)C2O)C(O)C1O)C(O)CCCCCCCCCCCCCCCCC. The maximum absolute atomic E-state index is 13.3. The quantitative estimate of drug-likeness (QED) is 0.0204. The lowest BCUT2D eigenvalue weighted by atomic mass is 9.97. The molecular formula is C62H113NO13. The van der Waals surface area contributed by atoms with E-state index in [1.54, 1.807) is 0 Å². The van der Waals surface area contributed by atoms with E-state index in [2.05, 4.69) is 67.8 Å². The molecule has 12 unspecified atom stereocenters. The first-order valence-corrected chi connectivity index (χ1v) is 30.9. The van der Waals surface area contributed by atoms with Gasteiger partial charge in [0.25, 0.3) is 0 Å². The van der Waals surface area contributed by atoms with Crippen LogP contribution in [0.3, 0.4) is 0 Å². The number of rotatable bonds is 49. The van der Waals surface area contributed by atoms with Gasteiger partial charge in [0.2, 0.25) is 5.91 Å². The molecule has 2 aliphatic rings. The fourth-order valence-electron chi connectivity index (χ4n) is 10.1. The summed E-state index contributed by atoms with van der Waals surface area (Å²) in [6.45, 7) is 2.76. The predicted molar refractivity (Wildman–Crippen MR) is 304 cm³/mol. The molecule has 0 aromatic heterocycles. The van der Waals surface area contributed by atoms with Gasteiger partial charge in [-0.2, -0.15) is 0 Å². The van der Waals surface area contributed by atoms with Crippen LogP contribution < -0.4 is 5.32 Å². The van der Waals surface area contributed by atoms with Crippen molar-refractivity contribution in [2.45, 2.75) is 319 Å². The predicted octanol–water partition coefficient (Wildman–Crippen LogP) is 10.8. The number of amides is 1. The fourth-order valence-corrected chi connectivity index (χ4v) is 10.1. The normalized spacial score (nSPS) is 25.2. The van der Waals surface area contributed by atoms with E-state index in [9.17, 15) is 45.6 Å². The van der Waals surface area contributed by atoms with Crippen LogP contribution in [-0.4, -0.2) is 140 Å². The van der Waals surface area contributed by atoms with E-state index in [0.29, 0.717) is 12.8 Å². The molecule has 444 valence electrons. The van der Waals surface area contributed by atoms with Gasteiger partial charge in [0.1, 0.15) is 48.8 Å². The summed E-state index contributed by atoms with van der Waals surface area (Å²) in [6, 6.07) is -0.829. The minimum Gasteiger partial charge on any atom is -0.394 e. The third-order valence-corrected chi connectivity index (χ3v) is 15.1. The Hall–Kier alpha value is -2.05. The smallest absolute Gasteiger partial charge is 0.220 e. The number of carbonyl (C=O) groups is 1. The van der Waals surface area contributed by atoms with Gasteiger partial charge in [-0.25, -0.2) is 0 Å². The van der Waals surface area contributed by atoms with Crippen LogP contribution in [0.25, 0.3) is 0 Å². The van der Waals surface area contributed by atoms with Crippen molar-refractivity contribution in [1.82, 2.24) is 5.32 Å². The Balaban J connectivity index is 1.70. The van der Waals surface area contributed by atoms with E-state index in [0.717, 1.165) is 77.0 Å². The highest BCUT2D eigenvalue weighted by molar-refractivity contribution is 5.76. The van der Waals surface area contributed by atoms with Crippen molar-refractivity contribution in [3.63, 3.8) is 0 Å². The van der Waals surface area contributed by atoms with Crippen LogP contribution in [0.1, 0.15) is 245 Å². The Kier molecular flexibility index (Phi) is 44.0. The molecule has 2 aliphatic heterocycles. The zero-order chi connectivity index (χ0) is 55.3. The molecule has 14 nitrogen and oxygen atoms in total. The average Bonchev–Trinajstić information content (AvgIpc) is 3.42. The standard InChI is InChI=1S/C62H113NO13/c1-3-5-7-9-11-13-15-17-19-20-21-22-23-24-25-26-27-28-29-30-32-34-36-38-40-42-44-46-54(67)63-50(51(66)45-43-41-39-37-35-33-31-18-16-14-12-10-8-6-4-2)49-73-61-59(72)57(70)60(53(48-65)75-61)76-62-58(71)56(69)55(68)52(47-64)74-62/h5,7,11,13,17,19,21-22,50-53,55-62,64-66,68-72H,3-4,6,8-10,12,14-16,18,20,23-49H2,1-2H3,(H,63,67)/b7-5-,13-11-,19-17-,22-21-. The first-order chi connectivity index (χ1) is 37.1. The molecule has 2 rings (SSSR count). The van der Waals surface area contributed by atoms with Gasteiger partial charge >= 0.3 is 0 Å². The molecule has 2 fully saturated rings. The van der Waals surface area contributed by atoms with E-state index < -0.39 is 86.8 Å². The van der Waals surface area contributed by atoms with Gasteiger partial charge in [-0.15, -0.1) is 0 Å². The summed E-state index contributed by atoms with van der Waals surface area (Å²) in [5.41, 5.74) is 0. The van der Waals surface area contributed by atoms with Gasteiger partial charge < -0.3 is 65.1 Å². The zero-order valence-corrected chi connectivity index (χ0v) is 47.7. The third kappa shape index (κ3) is 32.9. The van der Waals surface area contributed by atoms with Crippen molar-refractivity contribution in [3.8, 4) is 0 Å². The summed E-state index contributed by atoms with van der Waals surface area (Å²) in [4.78, 5) is 13.3. The highest BCUT2D eigenvalue weighted by Gasteiger charge is 2.51. The highest BCUT2D eigenvalue weighted by atomic mass is 16.7. The molecule has 9 N–H and O–H groups in total. The van der Waals surface area contributed by atoms with Gasteiger partial charge in [0.15, 0.2) is 12.6 Å². The molecule has 0 aromatic carbocycles. The van der Waals surface area contributed by atoms with Crippen molar-refractivity contribution < 1.29 is 64.6 Å². The lowest BCUT2D eigenvalue weighted by Crippen LogP contribution is -2.65. The molecule has 12 atom stereocenters. The second kappa shape index (κ2) is 47.7. The van der Waals surface area contributed by atoms with Gasteiger partial charge in [-0.3, -0.25) is 4.79 Å². The van der Waals surface area contributed by atoms with Gasteiger partial charge in [0, 0.05) is 6.42 Å². The molecular weight excluding hydrogens is 967 g/mol. The van der Waals surface area contributed by atoms with Crippen molar-refractivity contribution >= 4 is 5.91 Å². The molecule has 2 heterocycles. The van der Waals surface area contributed by atoms with Crippen LogP contribution in [0.15, 0.2) is 48.6 Å². The maximum atomic E-state index is 13.3. The van der Waals surface area contributed by atoms with E-state index >= 15 is 0 Å². The number of nitrogens with one attached hydrogen (secondary N) is 1. The van der Waals surface area contributed by atoms with Gasteiger partial charge in [-0.1, -0.05) is 236 Å². The van der Waals surface area contributed by atoms with Crippen molar-refractivity contribution in [1.29, 1.82) is 0 Å². The van der Waals surface area contributed by atoms with E-state index in [1.807, 2.05) is 0 Å². The minimum absolute atomic E-state index is 0.207. The number of ether oxygens (including phenoxy) is 4. The molecule has 1 amide bonds. The monoisotopic (exact) mass is 1080 g/mol. The van der Waals surface area contributed by atoms with Gasteiger partial charge in [-0.05, 0) is 51.4 Å². The number of carbonyl (C=O) groups excluding carboxylic acids is 1. The molecule has 0 saturated carbocycles. The molecule has 76 heavy (non-hydrogen) atoms. The van der Waals surface area contributed by atoms with Crippen molar-refractivity contribution in [3.05, 3.63) is 48.6 Å². The third-order valence-electron chi connectivity index (χ3n) is 15.1. The number of allylic oxidation sites excluding steroid dienone is 8. The summed E-state index contributed by atoms with van der Waals surface area (Å²) >= 11 is 0. The van der Waals surface area contributed by atoms with Crippen molar-refractivity contribution in [2.24, 2.45) is 0 Å². The number of unbranched alkanes of at least 4 members (excludes halogenated alkanes) is 28. The molecule has 0 bridgehead atoms. The lowest BCUT2D eigenvalue weighted by molar-refractivity contribution is -0.359. The topological polar surface area (TPSA) is 228 Å². The highest BCUT2D eigenvalue weighted by Crippen LogP contribution is 2.30. The first kappa shape index (κ1) is 70.1. The average molecular weight is 1080 g/mol. The Morgan fingerprint density at radius 3 is 1.39 bits per heavy atom. The van der Waals surface area contributed by atoms with Crippen LogP contribution in [-0.2, 0) is 23.7 Å². The second-order valence-corrected chi connectivity index (χ2v) is 21.8. The number of aliphatic hydroxyl groups excluding tert-OH is 8. The minimum atomic E-state index is -1.78. The largest absolute Gasteiger partial charge is 0.394 e. The Labute approximate surface area is 461 Å². The van der Waals surface area contributed by atoms with Gasteiger partial charge in [0.05, 0.1) is 32.0 Å². The Bertz CT molecular complexity index is 1460. The van der Waals surface area contributed by atoms with Crippen LogP contribution >= 0.6 is 0 Å². The molecule has 14 heteroatoms. The number of hydrogen-bond donors (Lipinski definition) is 9. The molecule has 0 spiro atoms. The molecule has 0 aliphatic carbocycles. The fraction of sp³-hybridized carbons (Fsp3) is 0.855. The Morgan fingerprint density at radius 2 is 0.908 bits per heavy atom. The van der Waals surface area contributed by atoms with E-state index in [4.69, 9.17) is 18.9 Å². The lowest BCUT2D eigenvalue weighted by Gasteiger charge is -2.46. The summed E-state index contributed by atoms with van der Waals surface area (Å²) < 4.78 is 22.8. The summed E-state index contributed by atoms with van der Waals surface area (Å²) in [5, 5.41) is 87.3. The van der Waals surface area contributed by atoms with Crippen molar-refractivity contribution in [2.75, 3.05) is 19.8 Å². The van der Waals surface area contributed by atoms with Crippen LogP contribution in [0, 0.1) is 0 Å². The number of aliphatic hydroxyl groups is 8. The number of hydrogen-bond acceptors (Lipinski definition) is 13. The summed E-state index contributed by atoms with van der Waals surface area (Å²) in [6.07, 6.45) is 42.5. The summed E-state index contributed by atoms with van der Waals surface area (Å²) in [5.74, 6) is -0.207. The van der Waals surface area contributed by atoms with Crippen LogP contribution in [0.4, 0.5) is 0 Å². The van der Waals surface area contributed by atoms with E-state index in [1.165, 1.54) is 141 Å². The van der Waals surface area contributed by atoms with Crippen LogP contribution in [0.2, 0.25) is 0 Å². The molecule has 0 aromatic rings. The molecule has 2 saturated heterocycles. The maximum Gasteiger partial charge on any atom is 0.220 e. The molecule has 0 radical (unpaired) electrons.